The van der Waals surface area contributed by atoms with E-state index in [1.807, 2.05) is 37.3 Å². The van der Waals surface area contributed by atoms with Crippen LogP contribution in [0.4, 0.5) is 9.59 Å². The summed E-state index contributed by atoms with van der Waals surface area (Å²) in [6, 6.07) is 8.60. The second-order valence-electron chi connectivity index (χ2n) is 9.91. The van der Waals surface area contributed by atoms with Gasteiger partial charge in [0.2, 0.25) is 0 Å². The molecule has 1 aromatic carbocycles. The van der Waals surface area contributed by atoms with Gasteiger partial charge in [-0.25, -0.2) is 9.59 Å². The number of nitrogens with one attached hydrogen (secondary N) is 1. The Balaban J connectivity index is 3.01. The molecule has 1 aromatic rings. The predicted octanol–water partition coefficient (Wildman–Crippen LogP) is 6.08. The third kappa shape index (κ3) is 8.53. The van der Waals surface area contributed by atoms with E-state index in [4.69, 9.17) is 4.74 Å². The van der Waals surface area contributed by atoms with Crippen LogP contribution in [0.1, 0.15) is 40.2 Å². The Kier molecular flexibility index (Phi) is 10.2. The number of hydrogen-bond acceptors (Lipinski definition) is 3. The highest BCUT2D eigenvalue weighted by molar-refractivity contribution is 6.84. The number of ether oxygens (including phenoxy) is 1. The molecule has 0 aromatic heterocycles. The third-order valence-corrected chi connectivity index (χ3v) is 11.3. The maximum atomic E-state index is 12.5. The first kappa shape index (κ1) is 27.5. The van der Waals surface area contributed by atoms with E-state index in [1.165, 1.54) is 4.90 Å². The maximum Gasteiger partial charge on any atom is 0.407 e. The predicted molar refractivity (Wildman–Crippen MR) is 133 cm³/mol. The lowest BCUT2D eigenvalue weighted by molar-refractivity contribution is 0.114. The van der Waals surface area contributed by atoms with Crippen LogP contribution in [0, 0.1) is 5.92 Å². The summed E-state index contributed by atoms with van der Waals surface area (Å²) >= 11 is 0. The van der Waals surface area contributed by atoms with E-state index in [-0.39, 0.29) is 30.1 Å². The summed E-state index contributed by atoms with van der Waals surface area (Å²) in [5.41, 5.74) is 3.17. The monoisotopic (exact) mass is 460 g/mol. The molecule has 0 fully saturated rings. The molecule has 2 amide bonds. The van der Waals surface area contributed by atoms with Crippen molar-refractivity contribution >= 4 is 20.3 Å². The van der Waals surface area contributed by atoms with Crippen LogP contribution in [0.3, 0.4) is 0 Å². The van der Waals surface area contributed by atoms with Crippen molar-refractivity contribution in [2.45, 2.75) is 71.4 Å². The molecule has 1 rings (SSSR count). The summed E-state index contributed by atoms with van der Waals surface area (Å²) in [6.45, 7) is 19.1. The van der Waals surface area contributed by atoms with Crippen LogP contribution in [0.15, 0.2) is 54.8 Å². The van der Waals surface area contributed by atoms with Gasteiger partial charge >= 0.3 is 12.2 Å². The van der Waals surface area contributed by atoms with Crippen LogP contribution in [0.5, 0.6) is 0 Å². The molecule has 3 atom stereocenters. The Morgan fingerprint density at radius 3 is 2.31 bits per heavy atom. The minimum atomic E-state index is -1.67. The Bertz CT molecular complexity index is 787. The minimum absolute atomic E-state index is 0.0905. The zero-order valence-corrected chi connectivity index (χ0v) is 21.6. The second kappa shape index (κ2) is 11.9. The van der Waals surface area contributed by atoms with E-state index >= 15 is 0 Å². The zero-order valence-electron chi connectivity index (χ0n) is 20.6. The summed E-state index contributed by atoms with van der Waals surface area (Å²) in [4.78, 5) is 25.7. The van der Waals surface area contributed by atoms with Crippen LogP contribution in [-0.4, -0.2) is 48.9 Å². The fourth-order valence-corrected chi connectivity index (χ4v) is 4.08. The van der Waals surface area contributed by atoms with Crippen molar-refractivity contribution in [1.29, 1.82) is 0 Å². The van der Waals surface area contributed by atoms with Gasteiger partial charge in [0.05, 0.1) is 20.2 Å². The van der Waals surface area contributed by atoms with Gasteiger partial charge in [-0.2, -0.15) is 0 Å². The van der Waals surface area contributed by atoms with Gasteiger partial charge in [-0.3, -0.25) is 0 Å². The number of alkyl carbamates (subject to hydrolysis) is 1. The molecule has 0 radical (unpaired) electrons. The first-order valence-electron chi connectivity index (χ1n) is 11.1. The van der Waals surface area contributed by atoms with Crippen molar-refractivity contribution < 1.29 is 19.4 Å². The lowest BCUT2D eigenvalue weighted by Crippen LogP contribution is -2.50. The number of benzene rings is 1. The number of carbonyl (C=O) groups is 2. The van der Waals surface area contributed by atoms with Crippen molar-refractivity contribution in [1.82, 2.24) is 10.2 Å². The van der Waals surface area contributed by atoms with Crippen molar-refractivity contribution in [2.75, 3.05) is 6.54 Å². The first-order chi connectivity index (χ1) is 14.8. The van der Waals surface area contributed by atoms with Crippen molar-refractivity contribution in [2.24, 2.45) is 5.92 Å². The normalized spacial score (nSPS) is 15.0. The molecule has 0 aliphatic carbocycles. The largest absolute Gasteiger partial charge is 0.465 e. The Hall–Kier alpha value is -2.54. The lowest BCUT2D eigenvalue weighted by atomic mass is 10.0. The number of carboxylic acid groups (broad SMARTS) is 1. The fraction of sp³-hybridized carbons (Fsp3) is 0.520. The van der Waals surface area contributed by atoms with E-state index in [0.717, 1.165) is 5.56 Å². The first-order valence-corrected chi connectivity index (χ1v) is 14.1. The molecule has 0 spiro atoms. The van der Waals surface area contributed by atoms with Gasteiger partial charge in [0.25, 0.3) is 0 Å². The summed E-state index contributed by atoms with van der Waals surface area (Å²) in [5, 5.41) is 12.8. The molecule has 6 nitrogen and oxygen atoms in total. The van der Waals surface area contributed by atoms with Crippen molar-refractivity contribution in [3.63, 3.8) is 0 Å². The molecule has 2 N–H and O–H groups in total. The highest BCUT2D eigenvalue weighted by atomic mass is 28.3. The number of rotatable bonds is 10. The van der Waals surface area contributed by atoms with Crippen molar-refractivity contribution in [3.8, 4) is 0 Å². The summed E-state index contributed by atoms with van der Waals surface area (Å²) in [5.74, 6) is -0.0905. The van der Waals surface area contributed by atoms with Gasteiger partial charge in [-0.15, -0.1) is 6.58 Å². The Morgan fingerprint density at radius 1 is 1.22 bits per heavy atom. The zero-order chi connectivity index (χ0) is 24.5. The number of carbonyl (C=O) groups excluding carboxylic acids is 1. The number of hydrogen-bond donors (Lipinski definition) is 2. The molecular formula is C25H40N2O4Si. The van der Waals surface area contributed by atoms with Crippen LogP contribution < -0.4 is 5.32 Å². The van der Waals surface area contributed by atoms with Crippen LogP contribution in [0.2, 0.25) is 18.1 Å². The Morgan fingerprint density at radius 2 is 1.81 bits per heavy atom. The van der Waals surface area contributed by atoms with Gasteiger partial charge in [-0.1, -0.05) is 89.0 Å². The molecule has 178 valence electrons. The quantitative estimate of drug-likeness (QED) is 0.328. The van der Waals surface area contributed by atoms with Crippen LogP contribution >= 0.6 is 0 Å². The molecule has 0 saturated heterocycles. The highest BCUT2D eigenvalue weighted by Crippen LogP contribution is 2.37. The Labute approximate surface area is 194 Å². The molecular weight excluding hydrogens is 420 g/mol. The molecule has 7 heteroatoms. The second-order valence-corrected chi connectivity index (χ2v) is 15.2. The van der Waals surface area contributed by atoms with Gasteiger partial charge in [-0.05, 0) is 23.4 Å². The molecule has 0 aliphatic heterocycles. The van der Waals surface area contributed by atoms with E-state index < -0.39 is 26.3 Å². The molecule has 0 heterocycles. The summed E-state index contributed by atoms with van der Waals surface area (Å²) in [7, 11) is -1.67. The summed E-state index contributed by atoms with van der Waals surface area (Å²) in [6.07, 6.45) is 2.07. The van der Waals surface area contributed by atoms with Gasteiger partial charge in [0.1, 0.15) is 6.61 Å². The average Bonchev–Trinajstić information content (AvgIpc) is 2.72. The number of nitrogens with zero attached hydrogens (tertiary/aromatic N) is 1. The molecule has 0 bridgehead atoms. The number of amides is 2. The van der Waals surface area contributed by atoms with E-state index in [1.54, 1.807) is 13.0 Å². The SMILES string of the molecule is C=CC(C)N(C[C@@H](NC(=O)OCc1ccccc1)[C@@H](C)/C=C/[Si](C)(C)C(C)(C)C)C(=O)O. The van der Waals surface area contributed by atoms with Gasteiger partial charge < -0.3 is 20.1 Å². The van der Waals surface area contributed by atoms with E-state index in [2.05, 4.69) is 57.5 Å². The summed E-state index contributed by atoms with van der Waals surface area (Å²) < 4.78 is 5.39. The molecule has 0 aliphatic rings. The maximum absolute atomic E-state index is 12.5. The standard InChI is InChI=1S/C25H40N2O4Si/c1-9-20(3)27(24(29)30)17-22(19(2)15-16-32(7,8)25(4,5)6)26-23(28)31-18-21-13-11-10-12-14-21/h9-16,19-20,22H,1,17-18H2,2-8H3,(H,26,28)(H,29,30)/b16-15+/t19-,20?,22+/m0/s1. The smallest absolute Gasteiger partial charge is 0.407 e. The average molecular weight is 461 g/mol. The minimum Gasteiger partial charge on any atom is -0.465 e. The fourth-order valence-electron chi connectivity index (χ4n) is 2.79. The van der Waals surface area contributed by atoms with Gasteiger partial charge in [0.15, 0.2) is 0 Å². The van der Waals surface area contributed by atoms with Crippen LogP contribution in [-0.2, 0) is 11.3 Å². The lowest BCUT2D eigenvalue weighted by Gasteiger charge is -2.35. The van der Waals surface area contributed by atoms with E-state index in [0.29, 0.717) is 0 Å². The van der Waals surface area contributed by atoms with Crippen molar-refractivity contribution in [3.05, 3.63) is 60.3 Å². The van der Waals surface area contributed by atoms with Crippen LogP contribution in [0.25, 0.3) is 0 Å². The third-order valence-electron chi connectivity index (χ3n) is 6.37. The van der Waals surface area contributed by atoms with E-state index in [9.17, 15) is 14.7 Å². The molecule has 1 unspecified atom stereocenters. The molecule has 0 saturated carbocycles. The highest BCUT2D eigenvalue weighted by Gasteiger charge is 2.33. The topological polar surface area (TPSA) is 78.9 Å². The van der Waals surface area contributed by atoms with Gasteiger partial charge in [0, 0.05) is 6.54 Å². The molecule has 32 heavy (non-hydrogen) atoms.